The van der Waals surface area contributed by atoms with Crippen LogP contribution in [-0.2, 0) is 4.74 Å². The number of hydrogen-bond acceptors (Lipinski definition) is 4. The SMILES string of the molecule is CN/C(NC(=O)OC(C)(C)C)=C1/CCCN(c2c(C)cc(C)cc2Cl)C1=N. The van der Waals surface area contributed by atoms with Crippen LogP contribution >= 0.6 is 11.6 Å². The molecule has 1 saturated heterocycles. The molecule has 148 valence electrons. The minimum absolute atomic E-state index is 0.329. The molecule has 7 heteroatoms. The molecule has 0 saturated carbocycles. The van der Waals surface area contributed by atoms with E-state index < -0.39 is 11.7 Å². The summed E-state index contributed by atoms with van der Waals surface area (Å²) >= 11 is 6.49. The van der Waals surface area contributed by atoms with Gasteiger partial charge in [-0.05, 0) is 64.7 Å². The first-order valence-corrected chi connectivity index (χ1v) is 9.45. The number of amidine groups is 1. The number of rotatable bonds is 3. The van der Waals surface area contributed by atoms with E-state index in [4.69, 9.17) is 21.7 Å². The highest BCUT2D eigenvalue weighted by atomic mass is 35.5. The molecule has 1 fully saturated rings. The highest BCUT2D eigenvalue weighted by Gasteiger charge is 2.28. The summed E-state index contributed by atoms with van der Waals surface area (Å²) in [5.74, 6) is 0.815. The van der Waals surface area contributed by atoms with Gasteiger partial charge in [0.25, 0.3) is 0 Å². The lowest BCUT2D eigenvalue weighted by Gasteiger charge is -2.34. The highest BCUT2D eigenvalue weighted by Crippen LogP contribution is 2.34. The fourth-order valence-corrected chi connectivity index (χ4v) is 3.64. The van der Waals surface area contributed by atoms with Crippen molar-refractivity contribution in [3.8, 4) is 0 Å². The topological polar surface area (TPSA) is 77.5 Å². The molecule has 1 heterocycles. The van der Waals surface area contributed by atoms with Crippen LogP contribution in [0.3, 0.4) is 0 Å². The first kappa shape index (κ1) is 21.1. The second kappa shape index (κ2) is 8.21. The van der Waals surface area contributed by atoms with Crippen LogP contribution in [0.2, 0.25) is 5.02 Å². The lowest BCUT2D eigenvalue weighted by atomic mass is 10.0. The Morgan fingerprint density at radius 1 is 1.30 bits per heavy atom. The number of ether oxygens (including phenoxy) is 1. The van der Waals surface area contributed by atoms with E-state index in [-0.39, 0.29) is 0 Å². The first-order valence-electron chi connectivity index (χ1n) is 9.07. The molecule has 0 spiro atoms. The molecule has 2 rings (SSSR count). The summed E-state index contributed by atoms with van der Waals surface area (Å²) in [6.07, 6.45) is 0.987. The molecule has 1 aromatic rings. The lowest BCUT2D eigenvalue weighted by Crippen LogP contribution is -2.42. The Kier molecular flexibility index (Phi) is 6.42. The zero-order valence-electron chi connectivity index (χ0n) is 16.9. The van der Waals surface area contributed by atoms with E-state index in [0.29, 0.717) is 29.6 Å². The molecule has 0 bridgehead atoms. The maximum Gasteiger partial charge on any atom is 0.413 e. The number of halogens is 1. The molecule has 6 nitrogen and oxygen atoms in total. The quantitative estimate of drug-likeness (QED) is 0.708. The molecule has 3 N–H and O–H groups in total. The van der Waals surface area contributed by atoms with Crippen LogP contribution < -0.4 is 15.5 Å². The Hall–Kier alpha value is -2.21. The van der Waals surface area contributed by atoms with Gasteiger partial charge in [0.2, 0.25) is 0 Å². The van der Waals surface area contributed by atoms with Crippen molar-refractivity contribution in [2.24, 2.45) is 0 Å². The summed E-state index contributed by atoms with van der Waals surface area (Å²) in [5, 5.41) is 15.1. The number of anilines is 1. The summed E-state index contributed by atoms with van der Waals surface area (Å²) in [6.45, 7) is 10.1. The van der Waals surface area contributed by atoms with Crippen molar-refractivity contribution in [3.05, 3.63) is 39.7 Å². The van der Waals surface area contributed by atoms with Crippen molar-refractivity contribution >= 4 is 29.2 Å². The maximum absolute atomic E-state index is 12.2. The molecule has 1 aliphatic heterocycles. The van der Waals surface area contributed by atoms with E-state index in [2.05, 4.69) is 16.7 Å². The third-order valence-electron chi connectivity index (χ3n) is 4.21. The van der Waals surface area contributed by atoms with Crippen LogP contribution in [0, 0.1) is 19.3 Å². The number of amides is 1. The van der Waals surface area contributed by atoms with E-state index in [1.807, 2.05) is 45.6 Å². The molecule has 1 amide bonds. The minimum atomic E-state index is -0.591. The molecular weight excluding hydrogens is 364 g/mol. The average Bonchev–Trinajstić information content (AvgIpc) is 2.52. The van der Waals surface area contributed by atoms with Gasteiger partial charge in [-0.2, -0.15) is 0 Å². The summed E-state index contributed by atoms with van der Waals surface area (Å²) < 4.78 is 5.33. The number of nitrogens with zero attached hydrogens (tertiary/aromatic N) is 1. The van der Waals surface area contributed by atoms with Gasteiger partial charge in [-0.3, -0.25) is 10.7 Å². The predicted molar refractivity (Wildman–Crippen MR) is 111 cm³/mol. The summed E-state index contributed by atoms with van der Waals surface area (Å²) in [5.41, 5.74) is 3.09. The smallest absolute Gasteiger partial charge is 0.413 e. The van der Waals surface area contributed by atoms with Gasteiger partial charge in [-0.25, -0.2) is 4.79 Å². The predicted octanol–water partition coefficient (Wildman–Crippen LogP) is 4.49. The van der Waals surface area contributed by atoms with Gasteiger partial charge in [0.1, 0.15) is 17.3 Å². The first-order chi connectivity index (χ1) is 12.5. The fourth-order valence-electron chi connectivity index (χ4n) is 3.22. The summed E-state index contributed by atoms with van der Waals surface area (Å²) in [7, 11) is 1.72. The van der Waals surface area contributed by atoms with Crippen LogP contribution in [0.25, 0.3) is 0 Å². The van der Waals surface area contributed by atoms with Gasteiger partial charge >= 0.3 is 6.09 Å². The Balaban J connectivity index is 2.34. The number of aryl methyl sites for hydroxylation is 2. The molecular formula is C20H29ClN4O2. The Bertz CT molecular complexity index is 758. The van der Waals surface area contributed by atoms with Crippen molar-refractivity contribution in [1.29, 1.82) is 5.41 Å². The standard InChI is InChI=1S/C20H29ClN4O2/c1-12-10-13(2)16(15(21)11-12)25-9-7-8-14(17(25)22)18(23-6)24-19(26)27-20(3,4)5/h10-11,22-23H,7-9H2,1-6H3,(H,24,26)/b18-14+,22-17?. The fraction of sp³-hybridized carbons (Fsp3) is 0.500. The summed E-state index contributed by atoms with van der Waals surface area (Å²) in [6, 6.07) is 3.97. The zero-order chi connectivity index (χ0) is 20.4. The van der Waals surface area contributed by atoms with Crippen molar-refractivity contribution in [3.63, 3.8) is 0 Å². The van der Waals surface area contributed by atoms with Gasteiger partial charge in [-0.1, -0.05) is 17.7 Å². The van der Waals surface area contributed by atoms with Gasteiger partial charge < -0.3 is 15.0 Å². The van der Waals surface area contributed by atoms with Crippen molar-refractivity contribution < 1.29 is 9.53 Å². The van der Waals surface area contributed by atoms with Gasteiger partial charge in [-0.15, -0.1) is 0 Å². The van der Waals surface area contributed by atoms with E-state index in [1.54, 1.807) is 7.05 Å². The largest absolute Gasteiger partial charge is 0.444 e. The Morgan fingerprint density at radius 3 is 2.52 bits per heavy atom. The second-order valence-electron chi connectivity index (χ2n) is 7.75. The number of nitrogens with one attached hydrogen (secondary N) is 3. The van der Waals surface area contributed by atoms with Crippen LogP contribution in [0.1, 0.15) is 44.7 Å². The number of hydrogen-bond donors (Lipinski definition) is 3. The number of alkyl carbamates (subject to hydrolysis) is 1. The molecule has 0 atom stereocenters. The number of carbonyl (C=O) groups is 1. The van der Waals surface area contributed by atoms with Gasteiger partial charge in [0.05, 0.1) is 10.7 Å². The molecule has 0 aromatic heterocycles. The molecule has 0 radical (unpaired) electrons. The average molecular weight is 393 g/mol. The third-order valence-corrected chi connectivity index (χ3v) is 4.50. The van der Waals surface area contributed by atoms with Crippen molar-refractivity contribution in [2.45, 2.75) is 53.1 Å². The van der Waals surface area contributed by atoms with Gasteiger partial charge in [0, 0.05) is 19.2 Å². The lowest BCUT2D eigenvalue weighted by molar-refractivity contribution is 0.0542. The second-order valence-corrected chi connectivity index (χ2v) is 8.15. The molecule has 1 aliphatic rings. The Labute approximate surface area is 166 Å². The van der Waals surface area contributed by atoms with E-state index >= 15 is 0 Å². The van der Waals surface area contributed by atoms with Crippen LogP contribution in [0.15, 0.2) is 23.5 Å². The number of piperidine rings is 1. The summed E-state index contributed by atoms with van der Waals surface area (Å²) in [4.78, 5) is 14.1. The van der Waals surface area contributed by atoms with E-state index in [1.165, 1.54) is 0 Å². The molecule has 1 aromatic carbocycles. The molecule has 27 heavy (non-hydrogen) atoms. The van der Waals surface area contributed by atoms with Crippen molar-refractivity contribution in [2.75, 3.05) is 18.5 Å². The minimum Gasteiger partial charge on any atom is -0.444 e. The van der Waals surface area contributed by atoms with Crippen LogP contribution in [0.4, 0.5) is 10.5 Å². The van der Waals surface area contributed by atoms with Crippen molar-refractivity contribution in [1.82, 2.24) is 10.6 Å². The Morgan fingerprint density at radius 2 is 1.96 bits per heavy atom. The zero-order valence-corrected chi connectivity index (χ0v) is 17.7. The normalized spacial score (nSPS) is 16.9. The molecule has 0 aliphatic carbocycles. The third kappa shape index (κ3) is 5.16. The number of benzene rings is 1. The van der Waals surface area contributed by atoms with E-state index in [9.17, 15) is 4.79 Å². The van der Waals surface area contributed by atoms with E-state index in [0.717, 1.165) is 28.8 Å². The maximum atomic E-state index is 12.2. The highest BCUT2D eigenvalue weighted by molar-refractivity contribution is 6.34. The molecule has 0 unspecified atom stereocenters. The van der Waals surface area contributed by atoms with Crippen LogP contribution in [0.5, 0.6) is 0 Å². The number of carbonyl (C=O) groups excluding carboxylic acids is 1. The van der Waals surface area contributed by atoms with Crippen LogP contribution in [-0.4, -0.2) is 31.1 Å². The monoisotopic (exact) mass is 392 g/mol. The van der Waals surface area contributed by atoms with Gasteiger partial charge in [0.15, 0.2) is 0 Å².